The number of amides is 1. The number of nitrogens with zero attached hydrogens (tertiary/aromatic N) is 1. The van der Waals surface area contributed by atoms with E-state index in [0.717, 1.165) is 21.4 Å². The lowest BCUT2D eigenvalue weighted by atomic mass is 10.2. The first-order valence-electron chi connectivity index (χ1n) is 8.21. The van der Waals surface area contributed by atoms with Crippen molar-refractivity contribution in [2.45, 2.75) is 5.75 Å². The fourth-order valence-corrected chi connectivity index (χ4v) is 4.26. The van der Waals surface area contributed by atoms with Crippen LogP contribution in [0.1, 0.15) is 11.3 Å². The second-order valence-corrected chi connectivity index (χ2v) is 8.39. The van der Waals surface area contributed by atoms with Crippen LogP contribution in [0.25, 0.3) is 11.3 Å². The number of benzene rings is 2. The van der Waals surface area contributed by atoms with Crippen molar-refractivity contribution in [3.8, 4) is 11.3 Å². The molecule has 4 nitrogen and oxygen atoms in total. The van der Waals surface area contributed by atoms with Gasteiger partial charge in [0.15, 0.2) is 0 Å². The Morgan fingerprint density at radius 2 is 2.00 bits per heavy atom. The summed E-state index contributed by atoms with van der Waals surface area (Å²) in [6, 6.07) is 16.6. The molecule has 0 aliphatic rings. The lowest BCUT2D eigenvalue weighted by molar-refractivity contribution is -0.118. The second kappa shape index (κ2) is 10.2. The molecule has 144 valence electrons. The molecule has 1 aromatic heterocycles. The van der Waals surface area contributed by atoms with Crippen molar-refractivity contribution in [2.75, 3.05) is 5.75 Å². The third-order valence-corrected chi connectivity index (χ3v) is 5.96. The lowest BCUT2D eigenvalue weighted by Gasteiger charge is -2.03. The van der Waals surface area contributed by atoms with Crippen molar-refractivity contribution < 1.29 is 9.21 Å². The zero-order chi connectivity index (χ0) is 19.9. The van der Waals surface area contributed by atoms with E-state index < -0.39 is 0 Å². The van der Waals surface area contributed by atoms with Gasteiger partial charge in [-0.3, -0.25) is 4.79 Å². The molecule has 2 aromatic carbocycles. The van der Waals surface area contributed by atoms with Crippen LogP contribution >= 0.6 is 50.9 Å². The fourth-order valence-electron chi connectivity index (χ4n) is 2.33. The molecule has 0 atom stereocenters. The highest BCUT2D eigenvalue weighted by Crippen LogP contribution is 2.31. The number of hydrogen-bond acceptors (Lipinski definition) is 4. The monoisotopic (exact) mass is 496 g/mol. The minimum atomic E-state index is -0.180. The Labute approximate surface area is 185 Å². The molecule has 3 rings (SSSR count). The predicted molar refractivity (Wildman–Crippen MR) is 120 cm³/mol. The van der Waals surface area contributed by atoms with Crippen molar-refractivity contribution in [3.05, 3.63) is 80.4 Å². The SMILES string of the molecule is O=C(CSCc1ccccc1Br)NN=Cc1ccc(-c2ccc(Cl)cc2Cl)o1. The molecule has 0 saturated carbocycles. The van der Waals surface area contributed by atoms with Gasteiger partial charge in [-0.05, 0) is 42.0 Å². The van der Waals surface area contributed by atoms with Gasteiger partial charge in [-0.15, -0.1) is 11.8 Å². The maximum absolute atomic E-state index is 11.9. The maximum atomic E-state index is 11.9. The normalized spacial score (nSPS) is 11.1. The summed E-state index contributed by atoms with van der Waals surface area (Å²) >= 11 is 17.1. The number of thioether (sulfide) groups is 1. The highest BCUT2D eigenvalue weighted by atomic mass is 79.9. The van der Waals surface area contributed by atoms with Crippen LogP contribution in [0, 0.1) is 0 Å². The zero-order valence-electron chi connectivity index (χ0n) is 14.5. The van der Waals surface area contributed by atoms with E-state index in [9.17, 15) is 4.79 Å². The average Bonchev–Trinajstić information content (AvgIpc) is 3.12. The molecule has 1 amide bonds. The molecule has 8 heteroatoms. The fraction of sp³-hybridized carbons (Fsp3) is 0.100. The van der Waals surface area contributed by atoms with Crippen LogP contribution in [0.4, 0.5) is 0 Å². The standard InChI is InChI=1S/C20H15BrCl2N2O2S/c21-17-4-2-1-3-13(17)11-28-12-20(26)25-24-10-15-6-8-19(27-15)16-7-5-14(22)9-18(16)23/h1-10H,11-12H2,(H,25,26). The van der Waals surface area contributed by atoms with Crippen molar-refractivity contribution in [1.82, 2.24) is 5.43 Å². The molecule has 0 fully saturated rings. The summed E-state index contributed by atoms with van der Waals surface area (Å²) < 4.78 is 6.72. The summed E-state index contributed by atoms with van der Waals surface area (Å²) in [5.41, 5.74) is 4.37. The number of hydrogen-bond donors (Lipinski definition) is 1. The highest BCUT2D eigenvalue weighted by molar-refractivity contribution is 9.10. The molecule has 0 saturated heterocycles. The smallest absolute Gasteiger partial charge is 0.250 e. The first kappa shape index (κ1) is 21.0. The van der Waals surface area contributed by atoms with E-state index in [1.165, 1.54) is 18.0 Å². The van der Waals surface area contributed by atoms with Gasteiger partial charge in [0.25, 0.3) is 0 Å². The predicted octanol–water partition coefficient (Wildman–Crippen LogP) is 6.40. The first-order chi connectivity index (χ1) is 13.5. The number of rotatable bonds is 7. The Kier molecular flexibility index (Phi) is 7.62. The summed E-state index contributed by atoms with van der Waals surface area (Å²) in [4.78, 5) is 11.9. The van der Waals surface area contributed by atoms with Gasteiger partial charge in [-0.25, -0.2) is 5.43 Å². The second-order valence-electron chi connectivity index (χ2n) is 5.70. The average molecular weight is 498 g/mol. The quantitative estimate of drug-likeness (QED) is 0.303. The maximum Gasteiger partial charge on any atom is 0.250 e. The van der Waals surface area contributed by atoms with Crippen molar-refractivity contribution in [2.24, 2.45) is 5.10 Å². The molecule has 28 heavy (non-hydrogen) atoms. The van der Waals surface area contributed by atoms with Gasteiger partial charge in [0.1, 0.15) is 11.5 Å². The molecular weight excluding hydrogens is 483 g/mol. The third-order valence-electron chi connectivity index (χ3n) is 3.65. The van der Waals surface area contributed by atoms with Crippen molar-refractivity contribution >= 4 is 63.0 Å². The number of furan rings is 1. The first-order valence-corrected chi connectivity index (χ1v) is 10.9. The summed E-state index contributed by atoms with van der Waals surface area (Å²) in [6.07, 6.45) is 1.45. The van der Waals surface area contributed by atoms with Gasteiger partial charge in [0, 0.05) is 20.8 Å². The Bertz CT molecular complexity index is 1010. The highest BCUT2D eigenvalue weighted by Gasteiger charge is 2.09. The summed E-state index contributed by atoms with van der Waals surface area (Å²) in [7, 11) is 0. The topological polar surface area (TPSA) is 54.6 Å². The van der Waals surface area contributed by atoms with E-state index in [1.807, 2.05) is 24.3 Å². The van der Waals surface area contributed by atoms with Crippen LogP contribution in [-0.4, -0.2) is 17.9 Å². The van der Waals surface area contributed by atoms with Gasteiger partial charge in [0.2, 0.25) is 5.91 Å². The number of halogens is 3. The van der Waals surface area contributed by atoms with Crippen LogP contribution in [-0.2, 0) is 10.5 Å². The Morgan fingerprint density at radius 1 is 1.18 bits per heavy atom. The Hall–Kier alpha value is -1.73. The molecule has 1 heterocycles. The molecule has 0 aliphatic heterocycles. The van der Waals surface area contributed by atoms with E-state index in [0.29, 0.717) is 27.3 Å². The van der Waals surface area contributed by atoms with E-state index in [-0.39, 0.29) is 5.91 Å². The van der Waals surface area contributed by atoms with Crippen molar-refractivity contribution in [1.29, 1.82) is 0 Å². The van der Waals surface area contributed by atoms with Crippen molar-refractivity contribution in [3.63, 3.8) is 0 Å². The minimum Gasteiger partial charge on any atom is -0.455 e. The summed E-state index contributed by atoms with van der Waals surface area (Å²) in [5.74, 6) is 1.96. The molecule has 0 spiro atoms. The van der Waals surface area contributed by atoms with Gasteiger partial charge in [0.05, 0.1) is 17.0 Å². The largest absolute Gasteiger partial charge is 0.455 e. The number of carbonyl (C=O) groups excluding carboxylic acids is 1. The number of nitrogens with one attached hydrogen (secondary N) is 1. The third kappa shape index (κ3) is 5.88. The molecule has 0 aliphatic carbocycles. The van der Waals surface area contributed by atoms with Crippen LogP contribution in [0.2, 0.25) is 10.0 Å². The van der Waals surface area contributed by atoms with Crippen LogP contribution < -0.4 is 5.43 Å². The number of carbonyl (C=O) groups is 1. The van der Waals surface area contributed by atoms with E-state index in [4.69, 9.17) is 27.6 Å². The van der Waals surface area contributed by atoms with Gasteiger partial charge < -0.3 is 4.42 Å². The van der Waals surface area contributed by atoms with E-state index >= 15 is 0 Å². The van der Waals surface area contributed by atoms with Crippen LogP contribution in [0.5, 0.6) is 0 Å². The molecular formula is C20H15BrCl2N2O2S. The summed E-state index contributed by atoms with van der Waals surface area (Å²) in [6.45, 7) is 0. The van der Waals surface area contributed by atoms with Crippen LogP contribution in [0.15, 0.2) is 68.6 Å². The summed E-state index contributed by atoms with van der Waals surface area (Å²) in [5, 5.41) is 4.99. The molecule has 3 aromatic rings. The number of hydrazone groups is 1. The van der Waals surface area contributed by atoms with Crippen LogP contribution in [0.3, 0.4) is 0 Å². The minimum absolute atomic E-state index is 0.180. The van der Waals surface area contributed by atoms with Gasteiger partial charge in [-0.1, -0.05) is 57.3 Å². The zero-order valence-corrected chi connectivity index (χ0v) is 18.4. The molecule has 0 radical (unpaired) electrons. The molecule has 1 N–H and O–H groups in total. The van der Waals surface area contributed by atoms with E-state index in [1.54, 1.807) is 30.3 Å². The molecule has 0 unspecified atom stereocenters. The lowest BCUT2D eigenvalue weighted by Crippen LogP contribution is -2.19. The Balaban J connectivity index is 1.49. The van der Waals surface area contributed by atoms with Gasteiger partial charge in [-0.2, -0.15) is 5.10 Å². The van der Waals surface area contributed by atoms with Gasteiger partial charge >= 0.3 is 0 Å². The van der Waals surface area contributed by atoms with E-state index in [2.05, 4.69) is 26.5 Å². The molecule has 0 bridgehead atoms. The Morgan fingerprint density at radius 3 is 2.79 bits per heavy atom.